The van der Waals surface area contributed by atoms with Crippen LogP contribution in [-0.2, 0) is 16.0 Å². The van der Waals surface area contributed by atoms with Gasteiger partial charge in [0.05, 0.1) is 21.7 Å². The summed E-state index contributed by atoms with van der Waals surface area (Å²) in [6.45, 7) is 1.59. The molecule has 0 saturated heterocycles. The number of rotatable bonds is 4. The zero-order valence-electron chi connectivity index (χ0n) is 16.5. The van der Waals surface area contributed by atoms with Crippen molar-refractivity contribution in [2.24, 2.45) is 0 Å². The Morgan fingerprint density at radius 2 is 1.48 bits per heavy atom. The second-order valence-corrected chi connectivity index (χ2v) is 9.35. The van der Waals surface area contributed by atoms with Gasteiger partial charge in [-0.05, 0) is 52.6 Å². The topological polar surface area (TPSA) is 47.0 Å². The van der Waals surface area contributed by atoms with E-state index in [4.69, 9.17) is 0 Å². The largest absolute Gasteiger partial charge is 0.418 e. The molecule has 3 nitrogen and oxygen atoms in total. The maximum Gasteiger partial charge on any atom is 0.418 e. The first-order chi connectivity index (χ1) is 14.7. The fourth-order valence-electron chi connectivity index (χ4n) is 3.56. The first kappa shape index (κ1) is 21.1. The Hall–Kier alpha value is -3.19. The highest BCUT2D eigenvalue weighted by Gasteiger charge is 2.33. The monoisotopic (exact) mass is 441 g/mol. The van der Waals surface area contributed by atoms with Crippen molar-refractivity contribution in [3.63, 3.8) is 0 Å². The van der Waals surface area contributed by atoms with Gasteiger partial charge in [0.1, 0.15) is 0 Å². The molecule has 31 heavy (non-hydrogen) atoms. The number of sulfone groups is 1. The lowest BCUT2D eigenvalue weighted by Crippen LogP contribution is -2.06. The molecule has 158 valence electrons. The molecule has 1 aromatic heterocycles. The van der Waals surface area contributed by atoms with Crippen molar-refractivity contribution < 1.29 is 21.6 Å². The minimum atomic E-state index is -4.50. The Bertz CT molecular complexity index is 1380. The number of halogens is 3. The number of nitrogens with zero attached hydrogens (tertiary/aromatic N) is 1. The summed E-state index contributed by atoms with van der Waals surface area (Å²) >= 11 is 0. The van der Waals surface area contributed by atoms with Crippen LogP contribution in [0.4, 0.5) is 13.2 Å². The summed E-state index contributed by atoms with van der Waals surface area (Å²) in [7, 11) is -3.35. The van der Waals surface area contributed by atoms with Crippen molar-refractivity contribution in [1.29, 1.82) is 0 Å². The predicted octanol–water partition coefficient (Wildman–Crippen LogP) is 6.38. The molecule has 7 heteroatoms. The van der Waals surface area contributed by atoms with E-state index in [1.165, 1.54) is 12.3 Å². The summed E-state index contributed by atoms with van der Waals surface area (Å²) in [5.74, 6) is 0.00103. The van der Waals surface area contributed by atoms with Crippen LogP contribution in [0.1, 0.15) is 12.5 Å². The molecule has 0 bridgehead atoms. The first-order valence-electron chi connectivity index (χ1n) is 9.59. The number of hydrogen-bond acceptors (Lipinski definition) is 3. The third-order valence-electron chi connectivity index (χ3n) is 5.16. The van der Waals surface area contributed by atoms with Gasteiger partial charge >= 0.3 is 6.18 Å². The van der Waals surface area contributed by atoms with Gasteiger partial charge in [-0.3, -0.25) is 4.98 Å². The summed E-state index contributed by atoms with van der Waals surface area (Å²) < 4.78 is 64.7. The van der Waals surface area contributed by atoms with Crippen molar-refractivity contribution in [2.75, 3.05) is 5.75 Å². The third kappa shape index (κ3) is 4.05. The Labute approximate surface area is 178 Å². The number of para-hydroxylation sites is 1. The van der Waals surface area contributed by atoms with Crippen molar-refractivity contribution >= 4 is 20.7 Å². The fourth-order valence-corrected chi connectivity index (χ4v) is 4.48. The molecule has 3 aromatic carbocycles. The SMILES string of the molecule is CCS(=O)(=O)c1cccc(-c2cccc(-c3ccnc4c(C(F)(F)F)cccc34)c2)c1. The van der Waals surface area contributed by atoms with Gasteiger partial charge < -0.3 is 0 Å². The average molecular weight is 441 g/mol. The van der Waals surface area contributed by atoms with E-state index in [0.29, 0.717) is 22.1 Å². The summed E-state index contributed by atoms with van der Waals surface area (Å²) in [6, 6.07) is 19.6. The quantitative estimate of drug-likeness (QED) is 0.369. The molecule has 4 rings (SSSR count). The van der Waals surface area contributed by atoms with Crippen molar-refractivity contribution in [3.8, 4) is 22.3 Å². The van der Waals surface area contributed by atoms with Crippen LogP contribution in [-0.4, -0.2) is 19.2 Å². The molecule has 0 fully saturated rings. The zero-order chi connectivity index (χ0) is 22.2. The van der Waals surface area contributed by atoms with E-state index in [9.17, 15) is 21.6 Å². The molecule has 0 amide bonds. The van der Waals surface area contributed by atoms with Crippen LogP contribution < -0.4 is 0 Å². The van der Waals surface area contributed by atoms with Gasteiger partial charge in [0.15, 0.2) is 9.84 Å². The van der Waals surface area contributed by atoms with Crippen molar-refractivity contribution in [3.05, 3.63) is 84.6 Å². The number of hydrogen-bond donors (Lipinski definition) is 0. The number of alkyl halides is 3. The van der Waals surface area contributed by atoms with Gasteiger partial charge in [-0.15, -0.1) is 0 Å². The Morgan fingerprint density at radius 3 is 2.19 bits per heavy atom. The maximum atomic E-state index is 13.4. The molecular formula is C24H18F3NO2S. The van der Waals surface area contributed by atoms with E-state index >= 15 is 0 Å². The highest BCUT2D eigenvalue weighted by atomic mass is 32.2. The molecule has 0 radical (unpaired) electrons. The molecule has 0 aliphatic carbocycles. The summed E-state index contributed by atoms with van der Waals surface area (Å²) in [5.41, 5.74) is 1.94. The van der Waals surface area contributed by atoms with Gasteiger partial charge in [0.2, 0.25) is 0 Å². The fraction of sp³-hybridized carbons (Fsp3) is 0.125. The second kappa shape index (κ2) is 7.81. The molecule has 0 aliphatic rings. The summed E-state index contributed by atoms with van der Waals surface area (Å²) in [5, 5.41) is 0.400. The van der Waals surface area contributed by atoms with E-state index in [1.807, 2.05) is 18.2 Å². The van der Waals surface area contributed by atoms with E-state index in [2.05, 4.69) is 4.98 Å². The number of pyridine rings is 1. The lowest BCUT2D eigenvalue weighted by Gasteiger charge is -2.13. The second-order valence-electron chi connectivity index (χ2n) is 7.07. The van der Waals surface area contributed by atoms with Crippen LogP contribution in [0.5, 0.6) is 0 Å². The Morgan fingerprint density at radius 1 is 0.839 bits per heavy atom. The van der Waals surface area contributed by atoms with E-state index in [-0.39, 0.29) is 16.2 Å². The summed E-state index contributed by atoms with van der Waals surface area (Å²) in [6.07, 6.45) is -3.13. The van der Waals surface area contributed by atoms with Crippen molar-refractivity contribution in [2.45, 2.75) is 18.0 Å². The van der Waals surface area contributed by atoms with Crippen LogP contribution >= 0.6 is 0 Å². The van der Waals surface area contributed by atoms with Gasteiger partial charge in [-0.1, -0.05) is 49.4 Å². The number of benzene rings is 3. The molecule has 0 unspecified atom stereocenters. The lowest BCUT2D eigenvalue weighted by molar-refractivity contribution is -0.136. The smallest absolute Gasteiger partial charge is 0.256 e. The molecule has 0 N–H and O–H groups in total. The highest BCUT2D eigenvalue weighted by Crippen LogP contribution is 2.37. The molecular weight excluding hydrogens is 423 g/mol. The molecule has 0 atom stereocenters. The summed E-state index contributed by atoms with van der Waals surface area (Å²) in [4.78, 5) is 4.21. The van der Waals surface area contributed by atoms with Gasteiger partial charge in [0, 0.05) is 11.6 Å². The molecule has 0 saturated carbocycles. The van der Waals surface area contributed by atoms with Gasteiger partial charge in [-0.25, -0.2) is 8.42 Å². The minimum Gasteiger partial charge on any atom is -0.256 e. The van der Waals surface area contributed by atoms with Crippen LogP contribution in [0.2, 0.25) is 0 Å². The van der Waals surface area contributed by atoms with E-state index < -0.39 is 21.6 Å². The van der Waals surface area contributed by atoms with Crippen LogP contribution in [0.25, 0.3) is 33.2 Å². The van der Waals surface area contributed by atoms with Crippen LogP contribution in [0, 0.1) is 0 Å². The van der Waals surface area contributed by atoms with Crippen LogP contribution in [0.15, 0.2) is 83.9 Å². The molecule has 1 heterocycles. The number of fused-ring (bicyclic) bond motifs is 1. The number of aromatic nitrogens is 1. The normalized spacial score (nSPS) is 12.3. The average Bonchev–Trinajstić information content (AvgIpc) is 2.78. The van der Waals surface area contributed by atoms with Gasteiger partial charge in [0.25, 0.3) is 0 Å². The zero-order valence-corrected chi connectivity index (χ0v) is 17.3. The van der Waals surface area contributed by atoms with E-state index in [1.54, 1.807) is 49.4 Å². The molecule has 0 spiro atoms. The highest BCUT2D eigenvalue weighted by molar-refractivity contribution is 7.91. The van der Waals surface area contributed by atoms with Crippen molar-refractivity contribution in [1.82, 2.24) is 4.98 Å². The Kier molecular flexibility index (Phi) is 5.31. The Balaban J connectivity index is 1.86. The third-order valence-corrected chi connectivity index (χ3v) is 6.89. The minimum absolute atomic E-state index is 0.00103. The lowest BCUT2D eigenvalue weighted by atomic mass is 9.96. The standard InChI is InChI=1S/C24H18F3NO2S/c1-2-31(29,30)19-9-4-7-17(15-19)16-6-3-8-18(14-16)20-12-13-28-23-21(20)10-5-11-22(23)24(25,26)27/h3-15H,2H2,1H3. The van der Waals surface area contributed by atoms with Crippen LogP contribution in [0.3, 0.4) is 0 Å². The maximum absolute atomic E-state index is 13.4. The van der Waals surface area contributed by atoms with Gasteiger partial charge in [-0.2, -0.15) is 13.2 Å². The first-order valence-corrected chi connectivity index (χ1v) is 11.2. The van der Waals surface area contributed by atoms with E-state index in [0.717, 1.165) is 11.6 Å². The molecule has 4 aromatic rings. The predicted molar refractivity (Wildman–Crippen MR) is 115 cm³/mol. The molecule has 0 aliphatic heterocycles.